The largest absolute Gasteiger partial charge is 0.462 e. The number of carbonyl (C=O) groups is 3. The molecule has 0 aromatic heterocycles. The van der Waals surface area contributed by atoms with Crippen molar-refractivity contribution < 1.29 is 28.6 Å². The highest BCUT2D eigenvalue weighted by Crippen LogP contribution is 2.16. The molecule has 6 nitrogen and oxygen atoms in total. The summed E-state index contributed by atoms with van der Waals surface area (Å²) in [4.78, 5) is 38.2. The van der Waals surface area contributed by atoms with E-state index >= 15 is 0 Å². The molecule has 0 aromatic rings. The van der Waals surface area contributed by atoms with Crippen LogP contribution in [0.1, 0.15) is 316 Å². The van der Waals surface area contributed by atoms with Crippen molar-refractivity contribution in [3.63, 3.8) is 0 Å². The van der Waals surface area contributed by atoms with Crippen LogP contribution in [-0.2, 0) is 28.6 Å². The van der Waals surface area contributed by atoms with Crippen molar-refractivity contribution in [2.45, 2.75) is 322 Å². The summed E-state index contributed by atoms with van der Waals surface area (Å²) in [6, 6.07) is 0. The Morgan fingerprint density at radius 1 is 0.290 bits per heavy atom. The lowest BCUT2D eigenvalue weighted by molar-refractivity contribution is -0.167. The number of allylic oxidation sites excluding steroid dienone is 8. The van der Waals surface area contributed by atoms with Gasteiger partial charge in [-0.1, -0.05) is 243 Å². The summed E-state index contributed by atoms with van der Waals surface area (Å²) in [5.41, 5.74) is 0. The predicted molar refractivity (Wildman–Crippen MR) is 298 cm³/mol. The normalized spacial score (nSPS) is 12.3. The van der Waals surface area contributed by atoms with Gasteiger partial charge >= 0.3 is 17.9 Å². The number of hydrogen-bond donors (Lipinski definition) is 0. The molecule has 0 bridgehead atoms. The molecule has 0 aliphatic heterocycles. The van der Waals surface area contributed by atoms with Crippen molar-refractivity contribution in [2.24, 2.45) is 0 Å². The SMILES string of the molecule is CCCCC/C=C\C/C=C\CCCCCCCCCCCC(=O)OC[C@H](COC(=O)CCCCCCC/C=C\CCCCCCCC)OC(=O)CCCCCCCCC/C=C\CCCCCCCC. The maximum Gasteiger partial charge on any atom is 0.306 e. The van der Waals surface area contributed by atoms with Crippen molar-refractivity contribution in [1.29, 1.82) is 0 Å². The molecule has 0 aromatic carbocycles. The Labute approximate surface area is 428 Å². The number of carbonyl (C=O) groups excluding carboxylic acids is 3. The van der Waals surface area contributed by atoms with Crippen LogP contribution in [0.25, 0.3) is 0 Å². The lowest BCUT2D eigenvalue weighted by Gasteiger charge is -2.18. The Kier molecular flexibility index (Phi) is 55.7. The Morgan fingerprint density at radius 2 is 0.522 bits per heavy atom. The maximum atomic E-state index is 12.9. The van der Waals surface area contributed by atoms with Crippen LogP contribution < -0.4 is 0 Å². The zero-order valence-electron chi connectivity index (χ0n) is 46.1. The minimum atomic E-state index is -0.780. The second kappa shape index (κ2) is 57.9. The van der Waals surface area contributed by atoms with Gasteiger partial charge in [-0.05, 0) is 103 Å². The van der Waals surface area contributed by atoms with Gasteiger partial charge in [0, 0.05) is 19.3 Å². The van der Waals surface area contributed by atoms with Gasteiger partial charge in [0.25, 0.3) is 0 Å². The molecule has 69 heavy (non-hydrogen) atoms. The molecule has 402 valence electrons. The van der Waals surface area contributed by atoms with E-state index in [1.54, 1.807) is 0 Å². The maximum absolute atomic E-state index is 12.9. The van der Waals surface area contributed by atoms with Gasteiger partial charge in [-0.25, -0.2) is 0 Å². The van der Waals surface area contributed by atoms with Gasteiger partial charge in [-0.15, -0.1) is 0 Å². The summed E-state index contributed by atoms with van der Waals surface area (Å²) in [5, 5.41) is 0. The third-order valence-corrected chi connectivity index (χ3v) is 13.3. The molecule has 0 heterocycles. The summed E-state index contributed by atoms with van der Waals surface area (Å²) >= 11 is 0. The van der Waals surface area contributed by atoms with Crippen LogP contribution in [0, 0.1) is 0 Å². The second-order valence-electron chi connectivity index (χ2n) is 20.2. The summed E-state index contributed by atoms with van der Waals surface area (Å²) < 4.78 is 16.9. The summed E-state index contributed by atoms with van der Waals surface area (Å²) in [6.45, 7) is 6.63. The summed E-state index contributed by atoms with van der Waals surface area (Å²) in [7, 11) is 0. The van der Waals surface area contributed by atoms with Crippen molar-refractivity contribution in [1.82, 2.24) is 0 Å². The third kappa shape index (κ3) is 56.2. The van der Waals surface area contributed by atoms with Gasteiger partial charge in [-0.2, -0.15) is 0 Å². The first-order valence-electron chi connectivity index (χ1n) is 30.1. The molecule has 1 atom stereocenters. The standard InChI is InChI=1S/C63H114O6/c1-4-7-10-13-16-19-22-25-28-30-31-33-35-38-41-44-47-50-53-56-62(65)68-59-60(58-67-61(64)55-52-49-46-43-40-37-34-27-24-21-18-15-12-9-6-3)69-63(66)57-54-51-48-45-42-39-36-32-29-26-23-20-17-14-11-8-5-2/h16,19,25-29,34,60H,4-15,17-18,20-24,30-33,35-59H2,1-3H3/b19-16-,28-25-,29-26-,34-27-/t60-/m0/s1. The third-order valence-electron chi connectivity index (χ3n) is 13.3. The molecule has 0 unspecified atom stereocenters. The molecule has 0 saturated carbocycles. The van der Waals surface area contributed by atoms with Crippen molar-refractivity contribution >= 4 is 17.9 Å². The van der Waals surface area contributed by atoms with Crippen LogP contribution in [0.3, 0.4) is 0 Å². The number of rotatable bonds is 55. The predicted octanol–water partition coefficient (Wildman–Crippen LogP) is 20.2. The van der Waals surface area contributed by atoms with Crippen LogP contribution in [-0.4, -0.2) is 37.2 Å². The minimum absolute atomic E-state index is 0.0779. The fourth-order valence-electron chi connectivity index (χ4n) is 8.70. The zero-order chi connectivity index (χ0) is 50.0. The van der Waals surface area contributed by atoms with Crippen LogP contribution >= 0.6 is 0 Å². The fraction of sp³-hybridized carbons (Fsp3) is 0.825. The minimum Gasteiger partial charge on any atom is -0.462 e. The van der Waals surface area contributed by atoms with Gasteiger partial charge < -0.3 is 14.2 Å². The molecule has 0 aliphatic rings. The van der Waals surface area contributed by atoms with Crippen LogP contribution in [0.4, 0.5) is 0 Å². The monoisotopic (exact) mass is 967 g/mol. The molecule has 0 fully saturated rings. The Morgan fingerprint density at radius 3 is 0.841 bits per heavy atom. The molecular weight excluding hydrogens is 853 g/mol. The lowest BCUT2D eigenvalue weighted by Crippen LogP contribution is -2.30. The van der Waals surface area contributed by atoms with E-state index in [0.29, 0.717) is 19.3 Å². The number of esters is 3. The Hall–Kier alpha value is -2.63. The summed E-state index contributed by atoms with van der Waals surface area (Å²) in [5.74, 6) is -0.879. The highest BCUT2D eigenvalue weighted by molar-refractivity contribution is 5.71. The first-order valence-corrected chi connectivity index (χ1v) is 30.1. The van der Waals surface area contributed by atoms with Crippen LogP contribution in [0.5, 0.6) is 0 Å². The second-order valence-corrected chi connectivity index (χ2v) is 20.2. The van der Waals surface area contributed by atoms with E-state index in [4.69, 9.17) is 14.2 Å². The molecule has 0 rings (SSSR count). The van der Waals surface area contributed by atoms with Crippen LogP contribution in [0.15, 0.2) is 48.6 Å². The van der Waals surface area contributed by atoms with Gasteiger partial charge in [0.2, 0.25) is 0 Å². The number of unbranched alkanes of at least 4 members (excludes halogenated alkanes) is 36. The number of hydrogen-bond acceptors (Lipinski definition) is 6. The molecular formula is C63H114O6. The first kappa shape index (κ1) is 66.4. The topological polar surface area (TPSA) is 78.9 Å². The van der Waals surface area contributed by atoms with Crippen molar-refractivity contribution in [2.75, 3.05) is 13.2 Å². The molecule has 0 aliphatic carbocycles. The van der Waals surface area contributed by atoms with E-state index in [9.17, 15) is 14.4 Å². The molecule has 6 heteroatoms. The van der Waals surface area contributed by atoms with E-state index in [0.717, 1.165) is 70.6 Å². The average Bonchev–Trinajstić information content (AvgIpc) is 3.35. The van der Waals surface area contributed by atoms with E-state index < -0.39 is 6.10 Å². The fourth-order valence-corrected chi connectivity index (χ4v) is 8.70. The Bertz CT molecular complexity index is 1200. The molecule has 0 saturated heterocycles. The number of ether oxygens (including phenoxy) is 3. The summed E-state index contributed by atoms with van der Waals surface area (Å²) in [6.07, 6.45) is 71.0. The molecule has 0 N–H and O–H groups in total. The zero-order valence-corrected chi connectivity index (χ0v) is 46.1. The highest BCUT2D eigenvalue weighted by Gasteiger charge is 2.19. The quantitative estimate of drug-likeness (QED) is 0.0262. The van der Waals surface area contributed by atoms with E-state index in [-0.39, 0.29) is 31.1 Å². The molecule has 0 amide bonds. The lowest BCUT2D eigenvalue weighted by atomic mass is 10.1. The van der Waals surface area contributed by atoms with E-state index in [2.05, 4.69) is 69.4 Å². The van der Waals surface area contributed by atoms with Gasteiger partial charge in [0.1, 0.15) is 13.2 Å². The molecule has 0 spiro atoms. The van der Waals surface area contributed by atoms with Gasteiger partial charge in [0.15, 0.2) is 6.10 Å². The molecule has 0 radical (unpaired) electrons. The van der Waals surface area contributed by atoms with E-state index in [1.807, 2.05) is 0 Å². The first-order chi connectivity index (χ1) is 34.0. The van der Waals surface area contributed by atoms with E-state index in [1.165, 1.54) is 205 Å². The van der Waals surface area contributed by atoms with Gasteiger partial charge in [0.05, 0.1) is 0 Å². The van der Waals surface area contributed by atoms with Crippen molar-refractivity contribution in [3.8, 4) is 0 Å². The smallest absolute Gasteiger partial charge is 0.306 e. The van der Waals surface area contributed by atoms with Gasteiger partial charge in [-0.3, -0.25) is 14.4 Å². The van der Waals surface area contributed by atoms with Crippen LogP contribution in [0.2, 0.25) is 0 Å². The Balaban J connectivity index is 4.37. The van der Waals surface area contributed by atoms with Crippen molar-refractivity contribution in [3.05, 3.63) is 48.6 Å². The average molecular weight is 968 g/mol. The highest BCUT2D eigenvalue weighted by atomic mass is 16.6.